The van der Waals surface area contributed by atoms with Crippen LogP contribution in [-0.2, 0) is 4.79 Å². The van der Waals surface area contributed by atoms with Crippen molar-refractivity contribution in [3.05, 3.63) is 53.9 Å². The summed E-state index contributed by atoms with van der Waals surface area (Å²) in [7, 11) is 0. The zero-order chi connectivity index (χ0) is 19.0. The van der Waals surface area contributed by atoms with Gasteiger partial charge in [-0.05, 0) is 49.1 Å². The highest BCUT2D eigenvalue weighted by atomic mass is 16.3. The van der Waals surface area contributed by atoms with Gasteiger partial charge in [-0.3, -0.25) is 14.6 Å². The Morgan fingerprint density at radius 2 is 1.59 bits per heavy atom. The number of aromatic nitrogens is 1. The van der Waals surface area contributed by atoms with Gasteiger partial charge in [-0.25, -0.2) is 0 Å². The Balaban J connectivity index is 1.39. The minimum atomic E-state index is -1.13. The van der Waals surface area contributed by atoms with Crippen LogP contribution >= 0.6 is 0 Å². The molecule has 1 saturated carbocycles. The molecule has 1 aromatic heterocycles. The molecule has 27 heavy (non-hydrogen) atoms. The van der Waals surface area contributed by atoms with Crippen molar-refractivity contribution < 1.29 is 14.7 Å². The van der Waals surface area contributed by atoms with Crippen molar-refractivity contribution in [2.45, 2.75) is 25.4 Å². The van der Waals surface area contributed by atoms with Gasteiger partial charge in [0.15, 0.2) is 0 Å². The first kappa shape index (κ1) is 17.7. The number of amides is 2. The van der Waals surface area contributed by atoms with Crippen LogP contribution < -0.4 is 0 Å². The molecule has 2 heterocycles. The van der Waals surface area contributed by atoms with Crippen LogP contribution in [0.25, 0.3) is 11.1 Å². The maximum Gasteiger partial charge on any atom is 0.254 e. The smallest absolute Gasteiger partial charge is 0.254 e. The SMILES string of the molecule is Cc1cncc(-c2ccc(C(=O)N3CCN(C(=O)C4(O)CC4)CC3)cc2)c1. The summed E-state index contributed by atoms with van der Waals surface area (Å²) in [6.07, 6.45) is 4.73. The molecule has 0 radical (unpaired) electrons. The molecule has 0 atom stereocenters. The molecular formula is C21H23N3O3. The molecule has 6 nitrogen and oxygen atoms in total. The number of rotatable bonds is 3. The number of piperazine rings is 1. The molecule has 2 fully saturated rings. The Bertz CT molecular complexity index is 866. The first-order valence-corrected chi connectivity index (χ1v) is 9.29. The summed E-state index contributed by atoms with van der Waals surface area (Å²) < 4.78 is 0. The molecule has 4 rings (SSSR count). The fraction of sp³-hybridized carbons (Fsp3) is 0.381. The zero-order valence-corrected chi connectivity index (χ0v) is 15.4. The predicted molar refractivity (Wildman–Crippen MR) is 101 cm³/mol. The molecule has 0 unspecified atom stereocenters. The molecule has 6 heteroatoms. The maximum absolute atomic E-state index is 12.7. The quantitative estimate of drug-likeness (QED) is 0.901. The van der Waals surface area contributed by atoms with Crippen LogP contribution in [0.1, 0.15) is 28.8 Å². The van der Waals surface area contributed by atoms with Crippen LogP contribution in [0.15, 0.2) is 42.7 Å². The van der Waals surface area contributed by atoms with Crippen LogP contribution in [0, 0.1) is 6.92 Å². The normalized spacial score (nSPS) is 18.3. The second-order valence-corrected chi connectivity index (χ2v) is 7.44. The van der Waals surface area contributed by atoms with Crippen molar-refractivity contribution in [1.82, 2.24) is 14.8 Å². The second kappa shape index (κ2) is 6.78. The van der Waals surface area contributed by atoms with Crippen molar-refractivity contribution >= 4 is 11.8 Å². The summed E-state index contributed by atoms with van der Waals surface area (Å²) in [5.74, 6) is -0.216. The molecular weight excluding hydrogens is 342 g/mol. The first-order chi connectivity index (χ1) is 13.0. The van der Waals surface area contributed by atoms with Gasteiger partial charge in [0, 0.05) is 49.7 Å². The van der Waals surface area contributed by atoms with E-state index in [1.54, 1.807) is 9.80 Å². The average molecular weight is 365 g/mol. The third kappa shape index (κ3) is 3.57. The lowest BCUT2D eigenvalue weighted by atomic mass is 10.0. The fourth-order valence-electron chi connectivity index (χ4n) is 3.44. The molecule has 1 aromatic carbocycles. The lowest BCUT2D eigenvalue weighted by molar-refractivity contribution is -0.143. The number of aryl methyl sites for hydroxylation is 1. The van der Waals surface area contributed by atoms with Crippen LogP contribution in [-0.4, -0.2) is 63.5 Å². The van der Waals surface area contributed by atoms with E-state index in [1.807, 2.05) is 43.6 Å². The van der Waals surface area contributed by atoms with E-state index in [9.17, 15) is 14.7 Å². The van der Waals surface area contributed by atoms with E-state index >= 15 is 0 Å². The monoisotopic (exact) mass is 365 g/mol. The standard InChI is InChI=1S/C21H23N3O3/c1-15-12-18(14-22-13-15)16-2-4-17(5-3-16)19(25)23-8-10-24(11-9-23)20(26)21(27)6-7-21/h2-5,12-14,27H,6-11H2,1H3. The highest BCUT2D eigenvalue weighted by Crippen LogP contribution is 2.37. The number of hydrogen-bond acceptors (Lipinski definition) is 4. The highest BCUT2D eigenvalue weighted by Gasteiger charge is 2.50. The summed E-state index contributed by atoms with van der Waals surface area (Å²) in [5.41, 5.74) is 2.65. The molecule has 1 aliphatic heterocycles. The molecule has 140 valence electrons. The van der Waals surface area contributed by atoms with Crippen molar-refractivity contribution in [2.75, 3.05) is 26.2 Å². The lowest BCUT2D eigenvalue weighted by Gasteiger charge is -2.35. The Hall–Kier alpha value is -2.73. The van der Waals surface area contributed by atoms with Gasteiger partial charge in [0.2, 0.25) is 0 Å². The van der Waals surface area contributed by atoms with Gasteiger partial charge in [0.05, 0.1) is 0 Å². The number of carbonyl (C=O) groups is 2. The third-order valence-electron chi connectivity index (χ3n) is 5.32. The van der Waals surface area contributed by atoms with Gasteiger partial charge in [0.1, 0.15) is 5.60 Å². The molecule has 1 N–H and O–H groups in total. The van der Waals surface area contributed by atoms with Gasteiger partial charge in [-0.1, -0.05) is 12.1 Å². The zero-order valence-electron chi connectivity index (χ0n) is 15.4. The topological polar surface area (TPSA) is 73.7 Å². The average Bonchev–Trinajstić information content (AvgIpc) is 3.46. The number of benzene rings is 1. The first-order valence-electron chi connectivity index (χ1n) is 9.29. The summed E-state index contributed by atoms with van der Waals surface area (Å²) in [6.45, 7) is 3.93. The summed E-state index contributed by atoms with van der Waals surface area (Å²) in [5, 5.41) is 9.96. The Morgan fingerprint density at radius 1 is 0.963 bits per heavy atom. The van der Waals surface area contributed by atoms with Crippen LogP contribution in [0.5, 0.6) is 0 Å². The fourth-order valence-corrected chi connectivity index (χ4v) is 3.44. The Kier molecular flexibility index (Phi) is 4.44. The van der Waals surface area contributed by atoms with E-state index in [0.29, 0.717) is 44.6 Å². The summed E-state index contributed by atoms with van der Waals surface area (Å²) in [4.78, 5) is 32.6. The number of hydrogen-bond donors (Lipinski definition) is 1. The second-order valence-electron chi connectivity index (χ2n) is 7.44. The number of carbonyl (C=O) groups excluding carboxylic acids is 2. The van der Waals surface area contributed by atoms with Crippen molar-refractivity contribution in [1.29, 1.82) is 0 Å². The molecule has 0 bridgehead atoms. The summed E-state index contributed by atoms with van der Waals surface area (Å²) in [6, 6.07) is 9.61. The Morgan fingerprint density at radius 3 is 2.19 bits per heavy atom. The predicted octanol–water partition coefficient (Wildman–Crippen LogP) is 1.87. The maximum atomic E-state index is 12.7. The minimum absolute atomic E-state index is 0.0267. The number of aliphatic hydroxyl groups is 1. The molecule has 1 saturated heterocycles. The van der Waals surface area contributed by atoms with Gasteiger partial charge in [0.25, 0.3) is 11.8 Å². The largest absolute Gasteiger partial charge is 0.380 e. The van der Waals surface area contributed by atoms with E-state index in [4.69, 9.17) is 0 Å². The van der Waals surface area contributed by atoms with E-state index in [2.05, 4.69) is 11.1 Å². The van der Waals surface area contributed by atoms with Crippen LogP contribution in [0.2, 0.25) is 0 Å². The van der Waals surface area contributed by atoms with E-state index in [-0.39, 0.29) is 11.8 Å². The van der Waals surface area contributed by atoms with Crippen LogP contribution in [0.4, 0.5) is 0 Å². The van der Waals surface area contributed by atoms with Gasteiger partial charge < -0.3 is 14.9 Å². The lowest BCUT2D eigenvalue weighted by Crippen LogP contribution is -2.53. The van der Waals surface area contributed by atoms with E-state index < -0.39 is 5.60 Å². The van der Waals surface area contributed by atoms with Crippen LogP contribution in [0.3, 0.4) is 0 Å². The van der Waals surface area contributed by atoms with Gasteiger partial charge in [-0.15, -0.1) is 0 Å². The van der Waals surface area contributed by atoms with Gasteiger partial charge >= 0.3 is 0 Å². The van der Waals surface area contributed by atoms with E-state index in [1.165, 1.54) is 0 Å². The van der Waals surface area contributed by atoms with Crippen molar-refractivity contribution in [2.24, 2.45) is 0 Å². The van der Waals surface area contributed by atoms with Crippen molar-refractivity contribution in [3.63, 3.8) is 0 Å². The molecule has 1 aliphatic carbocycles. The molecule has 2 aliphatic rings. The van der Waals surface area contributed by atoms with Gasteiger partial charge in [-0.2, -0.15) is 0 Å². The van der Waals surface area contributed by atoms with E-state index in [0.717, 1.165) is 16.7 Å². The minimum Gasteiger partial charge on any atom is -0.380 e. The third-order valence-corrected chi connectivity index (χ3v) is 5.32. The number of nitrogens with zero attached hydrogens (tertiary/aromatic N) is 3. The summed E-state index contributed by atoms with van der Waals surface area (Å²) >= 11 is 0. The number of pyridine rings is 1. The molecule has 2 amide bonds. The molecule has 0 spiro atoms. The Labute approximate surface area is 158 Å². The van der Waals surface area contributed by atoms with Crippen molar-refractivity contribution in [3.8, 4) is 11.1 Å². The highest BCUT2D eigenvalue weighted by molar-refractivity contribution is 5.95. The molecule has 2 aromatic rings.